The molecule has 0 aromatic heterocycles. The quantitative estimate of drug-likeness (QED) is 0.340. The van der Waals surface area contributed by atoms with Crippen LogP contribution in [-0.4, -0.2) is 36.7 Å². The Labute approximate surface area is 203 Å². The Morgan fingerprint density at radius 3 is 2.76 bits per heavy atom. The van der Waals surface area contributed by atoms with Crippen molar-refractivity contribution < 1.29 is 24.0 Å². The van der Waals surface area contributed by atoms with Gasteiger partial charge in [0, 0.05) is 33.6 Å². The highest BCUT2D eigenvalue weighted by Gasteiger charge is 2.30. The number of benzene rings is 1. The summed E-state index contributed by atoms with van der Waals surface area (Å²) in [7, 11) is 0. The first-order valence-corrected chi connectivity index (χ1v) is 10.9. The molecule has 3 rings (SSSR count). The maximum absolute atomic E-state index is 12.8. The van der Waals surface area contributed by atoms with E-state index in [2.05, 4.69) is 16.3 Å². The summed E-state index contributed by atoms with van der Waals surface area (Å²) in [6, 6.07) is 5.19. The third kappa shape index (κ3) is 6.81. The molecule has 0 spiro atoms. The molecule has 0 saturated carbocycles. The van der Waals surface area contributed by atoms with Gasteiger partial charge in [0.2, 0.25) is 5.91 Å². The van der Waals surface area contributed by atoms with Crippen molar-refractivity contribution in [3.63, 3.8) is 0 Å². The number of amides is 1. The predicted molar refractivity (Wildman–Crippen MR) is 129 cm³/mol. The summed E-state index contributed by atoms with van der Waals surface area (Å²) in [5, 5.41) is 6.87. The molecule has 7 nitrogen and oxygen atoms in total. The zero-order valence-corrected chi connectivity index (χ0v) is 20.0. The van der Waals surface area contributed by atoms with E-state index in [-0.39, 0.29) is 42.4 Å². The number of allylic oxidation sites excluding steroid dienone is 3. The molecule has 1 amide bonds. The summed E-state index contributed by atoms with van der Waals surface area (Å²) >= 11 is 6.29. The van der Waals surface area contributed by atoms with Gasteiger partial charge < -0.3 is 14.9 Å². The summed E-state index contributed by atoms with van der Waals surface area (Å²) in [4.78, 5) is 42.1. The molecule has 0 radical (unpaired) electrons. The Bertz CT molecular complexity index is 1040. The van der Waals surface area contributed by atoms with Gasteiger partial charge in [0.25, 0.3) is 0 Å². The molecule has 0 fully saturated rings. The number of hydrogen-bond donors (Lipinski definition) is 1. The van der Waals surface area contributed by atoms with Crippen molar-refractivity contribution in [3.8, 4) is 0 Å². The van der Waals surface area contributed by atoms with Crippen LogP contribution in [0.4, 0.5) is 5.69 Å². The molecule has 1 N–H and O–H groups in total. The molecule has 1 aromatic rings. The van der Waals surface area contributed by atoms with Crippen LogP contribution in [0.15, 0.2) is 52.2 Å². The second-order valence-corrected chi connectivity index (χ2v) is 7.85. The predicted octanol–water partition coefficient (Wildman–Crippen LogP) is 4.60. The molecule has 0 saturated heterocycles. The van der Waals surface area contributed by atoms with E-state index in [4.69, 9.17) is 21.2 Å². The van der Waals surface area contributed by atoms with Gasteiger partial charge in [0.1, 0.15) is 6.61 Å². The number of carbonyl (C=O) groups is 3. The minimum absolute atomic E-state index is 0. The molecule has 0 bridgehead atoms. The molecule has 0 aliphatic heterocycles. The number of ketones is 1. The Balaban J connectivity index is 0.00000385. The summed E-state index contributed by atoms with van der Waals surface area (Å²) in [5.41, 5.74) is 2.63. The van der Waals surface area contributed by atoms with Crippen molar-refractivity contribution in [1.29, 1.82) is 0 Å². The van der Waals surface area contributed by atoms with Crippen molar-refractivity contribution >= 4 is 53.2 Å². The van der Waals surface area contributed by atoms with Crippen molar-refractivity contribution in [3.05, 3.63) is 58.2 Å². The molecule has 9 heteroatoms. The van der Waals surface area contributed by atoms with Gasteiger partial charge in [-0.3, -0.25) is 14.4 Å². The van der Waals surface area contributed by atoms with Gasteiger partial charge in [-0.25, -0.2) is 0 Å². The summed E-state index contributed by atoms with van der Waals surface area (Å²) in [6.07, 6.45) is 6.29. The lowest BCUT2D eigenvalue weighted by atomic mass is 9.81. The van der Waals surface area contributed by atoms with E-state index in [9.17, 15) is 14.4 Å². The summed E-state index contributed by atoms with van der Waals surface area (Å²) in [6.45, 7) is 4.29. The summed E-state index contributed by atoms with van der Waals surface area (Å²) < 4.78 is 4.96. The molecule has 2 unspecified atom stereocenters. The first-order chi connectivity index (χ1) is 15.4. The van der Waals surface area contributed by atoms with E-state index < -0.39 is 5.92 Å². The third-order valence-electron chi connectivity index (χ3n) is 5.20. The molecular weight excluding hydrogens is 467 g/mol. The Morgan fingerprint density at radius 2 is 2.06 bits per heavy atom. The average Bonchev–Trinajstić information content (AvgIpc) is 2.76. The van der Waals surface area contributed by atoms with Gasteiger partial charge in [-0.15, -0.1) is 12.4 Å². The fourth-order valence-electron chi connectivity index (χ4n) is 3.65. The molecular formula is C24H26Cl2N2O5. The number of aryl methyl sites for hydroxylation is 1. The van der Waals surface area contributed by atoms with E-state index in [0.717, 1.165) is 5.56 Å². The van der Waals surface area contributed by atoms with Gasteiger partial charge in [-0.1, -0.05) is 17.7 Å². The summed E-state index contributed by atoms with van der Waals surface area (Å²) in [5.74, 6) is 0.989. The van der Waals surface area contributed by atoms with E-state index in [1.165, 1.54) is 0 Å². The van der Waals surface area contributed by atoms with Crippen LogP contribution in [0.5, 0.6) is 0 Å². The SMILES string of the molecule is CCON=C=C1C=CC(C(=O)Nc2ccc3c(c2)CCC(CC(=O)OCC)C3=O)C(Cl)=C1.Cl. The number of fused-ring (bicyclic) bond motifs is 1. The largest absolute Gasteiger partial charge is 0.466 e. The molecule has 33 heavy (non-hydrogen) atoms. The monoisotopic (exact) mass is 492 g/mol. The standard InChI is InChI=1S/C24H25ClN2O5.ClH/c1-3-31-22(28)13-17-7-6-16-12-18(8-10-19(16)23(17)29)27-24(30)20-9-5-15(11-21(20)25)14-26-32-4-2;/h5,8-12,17,20H,3-4,6-7,13H2,1-2H3,(H,27,30);1H. The van der Waals surface area contributed by atoms with Crippen LogP contribution in [0.25, 0.3) is 0 Å². The minimum Gasteiger partial charge on any atom is -0.466 e. The van der Waals surface area contributed by atoms with Crippen molar-refractivity contribution in [2.24, 2.45) is 17.0 Å². The third-order valence-corrected chi connectivity index (χ3v) is 5.54. The highest BCUT2D eigenvalue weighted by atomic mass is 35.5. The number of halogens is 2. The number of carbonyl (C=O) groups excluding carboxylic acids is 3. The van der Waals surface area contributed by atoms with Crippen molar-refractivity contribution in [2.75, 3.05) is 18.5 Å². The average molecular weight is 493 g/mol. The molecule has 2 aliphatic carbocycles. The number of esters is 1. The Hall–Kier alpha value is -2.86. The zero-order chi connectivity index (χ0) is 23.1. The molecule has 0 heterocycles. The first-order valence-electron chi connectivity index (χ1n) is 10.6. The molecule has 1 aromatic carbocycles. The normalized spacial score (nSPS) is 18.8. The van der Waals surface area contributed by atoms with Crippen LogP contribution < -0.4 is 5.32 Å². The van der Waals surface area contributed by atoms with E-state index in [1.54, 1.807) is 43.4 Å². The molecule has 2 atom stereocenters. The van der Waals surface area contributed by atoms with Gasteiger partial charge >= 0.3 is 5.97 Å². The van der Waals surface area contributed by atoms with E-state index in [0.29, 0.717) is 47.9 Å². The van der Waals surface area contributed by atoms with Crippen LogP contribution in [0.3, 0.4) is 0 Å². The Kier molecular flexibility index (Phi) is 9.92. The van der Waals surface area contributed by atoms with Crippen LogP contribution in [0.1, 0.15) is 42.6 Å². The number of nitrogens with one attached hydrogen (secondary N) is 1. The van der Waals surface area contributed by atoms with Gasteiger partial charge in [-0.2, -0.15) is 0 Å². The number of Topliss-reactive ketones (excluding diaryl/α,β-unsaturated/α-hetero) is 1. The van der Waals surface area contributed by atoms with Gasteiger partial charge in [0.15, 0.2) is 5.78 Å². The fourth-order valence-corrected chi connectivity index (χ4v) is 3.93. The topological polar surface area (TPSA) is 94.1 Å². The fraction of sp³-hybridized carbons (Fsp3) is 0.375. The van der Waals surface area contributed by atoms with Crippen LogP contribution in [-0.2, 0) is 25.6 Å². The maximum Gasteiger partial charge on any atom is 0.306 e. The van der Waals surface area contributed by atoms with Gasteiger partial charge in [0.05, 0.1) is 18.9 Å². The van der Waals surface area contributed by atoms with Crippen LogP contribution in [0, 0.1) is 11.8 Å². The van der Waals surface area contributed by atoms with Gasteiger partial charge in [-0.05, 0) is 67.8 Å². The number of anilines is 1. The second kappa shape index (κ2) is 12.4. The number of nitrogens with zero attached hydrogens (tertiary/aromatic N) is 1. The van der Waals surface area contributed by atoms with E-state index >= 15 is 0 Å². The number of rotatable bonds is 7. The van der Waals surface area contributed by atoms with Crippen LogP contribution in [0.2, 0.25) is 0 Å². The Morgan fingerprint density at radius 1 is 1.27 bits per heavy atom. The highest BCUT2D eigenvalue weighted by Crippen LogP contribution is 2.31. The lowest BCUT2D eigenvalue weighted by Crippen LogP contribution is -2.26. The maximum atomic E-state index is 12.8. The molecule has 176 valence electrons. The van der Waals surface area contributed by atoms with E-state index in [1.807, 2.05) is 6.92 Å². The highest BCUT2D eigenvalue weighted by molar-refractivity contribution is 6.32. The van der Waals surface area contributed by atoms with Crippen molar-refractivity contribution in [1.82, 2.24) is 0 Å². The first kappa shape index (κ1) is 26.4. The second-order valence-electron chi connectivity index (χ2n) is 7.41. The minimum atomic E-state index is -0.638. The van der Waals surface area contributed by atoms with Crippen LogP contribution >= 0.6 is 24.0 Å². The van der Waals surface area contributed by atoms with Crippen molar-refractivity contribution in [2.45, 2.75) is 33.1 Å². The zero-order valence-electron chi connectivity index (χ0n) is 18.4. The lowest BCUT2D eigenvalue weighted by Gasteiger charge is -2.23. The lowest BCUT2D eigenvalue weighted by molar-refractivity contribution is -0.144. The smallest absolute Gasteiger partial charge is 0.306 e. The molecule has 2 aliphatic rings. The number of hydrogen-bond acceptors (Lipinski definition) is 6. The number of ether oxygens (including phenoxy) is 1.